The number of fused-ring (bicyclic) bond motifs is 4. The van der Waals surface area contributed by atoms with Gasteiger partial charge in [0.25, 0.3) is 0 Å². The number of benzene rings is 1. The van der Waals surface area contributed by atoms with E-state index >= 15 is 0 Å². The highest BCUT2D eigenvalue weighted by Gasteiger charge is 2.55. The quantitative estimate of drug-likeness (QED) is 0.322. The molecule has 1 aliphatic carbocycles. The van der Waals surface area contributed by atoms with Crippen molar-refractivity contribution in [2.45, 2.75) is 50.1 Å². The minimum absolute atomic E-state index is 0.00744. The van der Waals surface area contributed by atoms with E-state index in [0.717, 1.165) is 49.5 Å². The van der Waals surface area contributed by atoms with Crippen molar-refractivity contribution in [2.24, 2.45) is 5.92 Å². The van der Waals surface area contributed by atoms with Crippen molar-refractivity contribution in [3.05, 3.63) is 41.2 Å². The van der Waals surface area contributed by atoms with Crippen LogP contribution in [0.15, 0.2) is 30.7 Å². The number of alkyl halides is 3. The van der Waals surface area contributed by atoms with E-state index in [1.165, 1.54) is 6.33 Å². The third kappa shape index (κ3) is 4.01. The Kier molecular flexibility index (Phi) is 5.67. The average Bonchev–Trinajstić information content (AvgIpc) is 3.47. The average molecular weight is 519 g/mol. The van der Waals surface area contributed by atoms with Gasteiger partial charge in [-0.05, 0) is 55.9 Å². The van der Waals surface area contributed by atoms with Crippen LogP contribution in [0.1, 0.15) is 29.7 Å². The Labute approximate surface area is 208 Å². The first-order valence-electron chi connectivity index (χ1n) is 11.9. The second kappa shape index (κ2) is 8.65. The van der Waals surface area contributed by atoms with Crippen LogP contribution in [0, 0.1) is 5.92 Å². The van der Waals surface area contributed by atoms with Gasteiger partial charge in [-0.2, -0.15) is 18.3 Å². The number of hydrogen-bond acceptors (Lipinski definition) is 8. The van der Waals surface area contributed by atoms with E-state index in [2.05, 4.69) is 25.5 Å². The zero-order valence-corrected chi connectivity index (χ0v) is 20.0. The number of aliphatic hydroxyl groups excluding tert-OH is 1. The zero-order valence-electron chi connectivity index (χ0n) is 19.2. The van der Waals surface area contributed by atoms with E-state index in [-0.39, 0.29) is 19.0 Å². The number of aromatic nitrogens is 4. The lowest BCUT2D eigenvalue weighted by Crippen LogP contribution is -2.56. The standard InChI is InChI=1S/C24H25F3N6O2S/c25-24(26,27)23(35)5-7-33(8-6-23)22(34)13-1-3-16-18(10-13)36-21-19(16)20(28-12-29-21)31-15-2-4-17-14(9-15)11-30-32-17/h2,4,9,11-13,22,34-35H,1,3,5-8,10H2,(H,30,32)(H,28,29,31)/t13-,22?/m0/s1. The molecular formula is C24H25F3N6O2S. The summed E-state index contributed by atoms with van der Waals surface area (Å²) >= 11 is 1.57. The first kappa shape index (κ1) is 23.6. The Balaban J connectivity index is 1.20. The molecule has 2 atom stereocenters. The minimum atomic E-state index is -4.65. The fourth-order valence-electron chi connectivity index (χ4n) is 5.38. The van der Waals surface area contributed by atoms with Crippen molar-refractivity contribution in [3.8, 4) is 0 Å². The van der Waals surface area contributed by atoms with E-state index < -0.39 is 30.8 Å². The van der Waals surface area contributed by atoms with Crippen molar-refractivity contribution < 1.29 is 23.4 Å². The van der Waals surface area contributed by atoms with Crippen LogP contribution in [-0.4, -0.2) is 66.4 Å². The van der Waals surface area contributed by atoms with Crippen molar-refractivity contribution in [2.75, 3.05) is 18.4 Å². The number of hydrogen-bond donors (Lipinski definition) is 4. The Morgan fingerprint density at radius 3 is 2.81 bits per heavy atom. The van der Waals surface area contributed by atoms with Crippen LogP contribution in [-0.2, 0) is 12.8 Å². The maximum Gasteiger partial charge on any atom is 0.417 e. The fourth-order valence-corrected chi connectivity index (χ4v) is 6.66. The first-order chi connectivity index (χ1) is 17.2. The molecule has 0 spiro atoms. The van der Waals surface area contributed by atoms with Gasteiger partial charge in [0.1, 0.15) is 23.2 Å². The topological polar surface area (TPSA) is 110 Å². The molecular weight excluding hydrogens is 493 g/mol. The third-order valence-corrected chi connectivity index (χ3v) is 8.70. The summed E-state index contributed by atoms with van der Waals surface area (Å²) < 4.78 is 39.4. The molecule has 8 nitrogen and oxygen atoms in total. The molecule has 0 radical (unpaired) electrons. The molecule has 0 amide bonds. The molecule has 0 bridgehead atoms. The lowest BCUT2D eigenvalue weighted by atomic mass is 9.84. The number of aryl methyl sites for hydroxylation is 1. The SMILES string of the molecule is OC([C@H]1CCc2c(sc3ncnc(Nc4ccc5[nH]ncc5c4)c23)C1)N1CCC(O)(C(F)(F)F)CC1. The molecule has 1 saturated heterocycles. The molecule has 1 unspecified atom stereocenters. The molecule has 1 aromatic carbocycles. The van der Waals surface area contributed by atoms with Gasteiger partial charge in [-0.15, -0.1) is 11.3 Å². The van der Waals surface area contributed by atoms with Gasteiger partial charge >= 0.3 is 6.18 Å². The van der Waals surface area contributed by atoms with Crippen molar-refractivity contribution in [1.29, 1.82) is 0 Å². The van der Waals surface area contributed by atoms with E-state index in [1.54, 1.807) is 22.4 Å². The Bertz CT molecular complexity index is 1410. The highest BCUT2D eigenvalue weighted by atomic mass is 32.1. The number of H-pyrrole nitrogens is 1. The number of aromatic amines is 1. The summed E-state index contributed by atoms with van der Waals surface area (Å²) in [4.78, 5) is 12.6. The first-order valence-corrected chi connectivity index (χ1v) is 12.7. The van der Waals surface area contributed by atoms with Gasteiger partial charge in [0, 0.05) is 35.0 Å². The number of thiophene rings is 1. The molecule has 12 heteroatoms. The van der Waals surface area contributed by atoms with E-state index in [1.807, 2.05) is 18.2 Å². The maximum atomic E-state index is 13.1. The molecule has 0 saturated carbocycles. The Morgan fingerprint density at radius 1 is 1.22 bits per heavy atom. The summed E-state index contributed by atoms with van der Waals surface area (Å²) in [5, 5.41) is 33.3. The number of aliphatic hydroxyl groups is 2. The molecule has 1 fully saturated rings. The molecule has 2 aliphatic rings. The second-order valence-electron chi connectivity index (χ2n) is 9.69. The van der Waals surface area contributed by atoms with Crippen LogP contribution in [0.5, 0.6) is 0 Å². The molecule has 4 N–H and O–H groups in total. The van der Waals surface area contributed by atoms with Gasteiger partial charge in [-0.25, -0.2) is 9.97 Å². The fraction of sp³-hybridized carbons (Fsp3) is 0.458. The molecule has 4 aromatic rings. The van der Waals surface area contributed by atoms with Gasteiger partial charge in [0.2, 0.25) is 0 Å². The number of nitrogens with zero attached hydrogens (tertiary/aromatic N) is 4. The van der Waals surface area contributed by atoms with Gasteiger partial charge in [0.15, 0.2) is 5.60 Å². The number of piperidine rings is 1. The normalized spacial score (nSPS) is 21.5. The summed E-state index contributed by atoms with van der Waals surface area (Å²) in [6.07, 6.45) is -1.02. The van der Waals surface area contributed by atoms with Crippen molar-refractivity contribution in [1.82, 2.24) is 25.1 Å². The van der Waals surface area contributed by atoms with E-state index in [4.69, 9.17) is 0 Å². The van der Waals surface area contributed by atoms with Crippen LogP contribution < -0.4 is 5.32 Å². The Morgan fingerprint density at radius 2 is 2.03 bits per heavy atom. The molecule has 4 heterocycles. The summed E-state index contributed by atoms with van der Waals surface area (Å²) in [5.74, 6) is 0.623. The monoisotopic (exact) mass is 518 g/mol. The van der Waals surface area contributed by atoms with Crippen LogP contribution in [0.25, 0.3) is 21.1 Å². The maximum absolute atomic E-state index is 13.1. The van der Waals surface area contributed by atoms with E-state index in [9.17, 15) is 23.4 Å². The van der Waals surface area contributed by atoms with Crippen molar-refractivity contribution >= 4 is 44.0 Å². The van der Waals surface area contributed by atoms with Crippen LogP contribution in [0.2, 0.25) is 0 Å². The smallest absolute Gasteiger partial charge is 0.380 e. The molecule has 3 aromatic heterocycles. The predicted octanol–water partition coefficient (Wildman–Crippen LogP) is 4.12. The van der Waals surface area contributed by atoms with Crippen molar-refractivity contribution in [3.63, 3.8) is 0 Å². The summed E-state index contributed by atoms with van der Waals surface area (Å²) in [6, 6.07) is 5.91. The Hall–Kier alpha value is -2.80. The third-order valence-electron chi connectivity index (χ3n) is 7.54. The minimum Gasteiger partial charge on any atom is -0.380 e. The molecule has 6 rings (SSSR count). The lowest BCUT2D eigenvalue weighted by molar-refractivity contribution is -0.276. The van der Waals surface area contributed by atoms with Gasteiger partial charge < -0.3 is 15.5 Å². The van der Waals surface area contributed by atoms with E-state index in [0.29, 0.717) is 12.8 Å². The second-order valence-corrected chi connectivity index (χ2v) is 10.8. The number of nitrogens with one attached hydrogen (secondary N) is 2. The molecule has 1 aliphatic heterocycles. The number of halogens is 3. The summed E-state index contributed by atoms with van der Waals surface area (Å²) in [7, 11) is 0. The molecule has 36 heavy (non-hydrogen) atoms. The van der Waals surface area contributed by atoms with Crippen LogP contribution in [0.4, 0.5) is 24.7 Å². The summed E-state index contributed by atoms with van der Waals surface area (Å²) in [6.45, 7) is 0.0149. The van der Waals surface area contributed by atoms with Crippen LogP contribution in [0.3, 0.4) is 0 Å². The largest absolute Gasteiger partial charge is 0.417 e. The van der Waals surface area contributed by atoms with Gasteiger partial charge in [0.05, 0.1) is 17.1 Å². The lowest BCUT2D eigenvalue weighted by Gasteiger charge is -2.43. The highest BCUT2D eigenvalue weighted by molar-refractivity contribution is 7.19. The summed E-state index contributed by atoms with van der Waals surface area (Å²) in [5.41, 5.74) is 0.328. The van der Waals surface area contributed by atoms with Gasteiger partial charge in [-0.1, -0.05) is 0 Å². The zero-order chi connectivity index (χ0) is 25.1. The van der Waals surface area contributed by atoms with Crippen LogP contribution >= 0.6 is 11.3 Å². The van der Waals surface area contributed by atoms with Gasteiger partial charge in [-0.3, -0.25) is 10.00 Å². The highest BCUT2D eigenvalue weighted by Crippen LogP contribution is 2.43. The predicted molar refractivity (Wildman–Crippen MR) is 130 cm³/mol. The molecule has 190 valence electrons. The number of likely N-dealkylation sites (tertiary alicyclic amines) is 1. The number of rotatable bonds is 4. The number of anilines is 2.